The lowest BCUT2D eigenvalue weighted by Gasteiger charge is -2.13. The number of benzene rings is 1. The molecule has 0 atom stereocenters. The summed E-state index contributed by atoms with van der Waals surface area (Å²) in [6, 6.07) is 10.0. The van der Waals surface area contributed by atoms with Gasteiger partial charge >= 0.3 is 0 Å². The molecule has 0 aliphatic rings. The van der Waals surface area contributed by atoms with Crippen LogP contribution in [0.15, 0.2) is 36.5 Å². The Morgan fingerprint density at radius 3 is 2.64 bits per heavy atom. The van der Waals surface area contributed by atoms with Crippen LogP contribution in [0.5, 0.6) is 0 Å². The lowest BCUT2D eigenvalue weighted by Crippen LogP contribution is -2.10. The SMILES string of the molecule is CCCC(=O)Nc1ccc(Nc2c(C)cccc2CC)nc1. The van der Waals surface area contributed by atoms with Gasteiger partial charge in [-0.15, -0.1) is 0 Å². The molecule has 1 aromatic carbocycles. The maximum Gasteiger partial charge on any atom is 0.224 e. The molecule has 0 saturated heterocycles. The standard InChI is InChI=1S/C18H23N3O/c1-4-7-17(22)20-15-10-11-16(19-12-15)21-18-13(3)8-6-9-14(18)5-2/h6,8-12H,4-5,7H2,1-3H3,(H,19,21)(H,20,22). The summed E-state index contributed by atoms with van der Waals surface area (Å²) >= 11 is 0. The van der Waals surface area contributed by atoms with Crippen LogP contribution in [0.25, 0.3) is 0 Å². The molecule has 0 unspecified atom stereocenters. The van der Waals surface area contributed by atoms with E-state index in [0.29, 0.717) is 6.42 Å². The van der Waals surface area contributed by atoms with E-state index in [1.54, 1.807) is 6.20 Å². The van der Waals surface area contributed by atoms with E-state index >= 15 is 0 Å². The smallest absolute Gasteiger partial charge is 0.224 e. The second-order valence-electron chi connectivity index (χ2n) is 5.32. The lowest BCUT2D eigenvalue weighted by atomic mass is 10.1. The van der Waals surface area contributed by atoms with Crippen LogP contribution in [0.2, 0.25) is 0 Å². The minimum absolute atomic E-state index is 0.0252. The van der Waals surface area contributed by atoms with Crippen molar-refractivity contribution < 1.29 is 4.79 Å². The second-order valence-corrected chi connectivity index (χ2v) is 5.32. The molecule has 2 rings (SSSR count). The number of para-hydroxylation sites is 1. The zero-order valence-corrected chi connectivity index (χ0v) is 13.4. The zero-order valence-electron chi connectivity index (χ0n) is 13.4. The highest BCUT2D eigenvalue weighted by molar-refractivity contribution is 5.90. The minimum atomic E-state index is 0.0252. The number of aromatic nitrogens is 1. The summed E-state index contributed by atoms with van der Waals surface area (Å²) in [7, 11) is 0. The number of nitrogens with one attached hydrogen (secondary N) is 2. The van der Waals surface area contributed by atoms with Gasteiger partial charge in [-0.1, -0.05) is 32.0 Å². The van der Waals surface area contributed by atoms with Crippen molar-refractivity contribution in [2.45, 2.75) is 40.0 Å². The normalized spacial score (nSPS) is 10.3. The van der Waals surface area contributed by atoms with Gasteiger partial charge in [0.25, 0.3) is 0 Å². The van der Waals surface area contributed by atoms with Crippen molar-refractivity contribution in [3.05, 3.63) is 47.7 Å². The lowest BCUT2D eigenvalue weighted by molar-refractivity contribution is -0.116. The van der Waals surface area contributed by atoms with Gasteiger partial charge in [-0.05, 0) is 43.0 Å². The molecule has 1 heterocycles. The molecule has 4 nitrogen and oxygen atoms in total. The number of carbonyl (C=O) groups excluding carboxylic acids is 1. The summed E-state index contributed by atoms with van der Waals surface area (Å²) < 4.78 is 0. The first-order chi connectivity index (χ1) is 10.6. The predicted octanol–water partition coefficient (Wildman–Crippen LogP) is 4.43. The van der Waals surface area contributed by atoms with E-state index in [1.807, 2.05) is 19.1 Å². The number of aryl methyl sites for hydroxylation is 2. The average molecular weight is 297 g/mol. The third kappa shape index (κ3) is 4.07. The zero-order chi connectivity index (χ0) is 15.9. The van der Waals surface area contributed by atoms with E-state index < -0.39 is 0 Å². The highest BCUT2D eigenvalue weighted by Crippen LogP contribution is 2.24. The van der Waals surface area contributed by atoms with Gasteiger partial charge in [-0.2, -0.15) is 0 Å². The Kier molecular flexibility index (Phi) is 5.53. The van der Waals surface area contributed by atoms with Crippen LogP contribution in [0.4, 0.5) is 17.2 Å². The number of rotatable bonds is 6. The van der Waals surface area contributed by atoms with Crippen LogP contribution in [-0.2, 0) is 11.2 Å². The van der Waals surface area contributed by atoms with Crippen LogP contribution in [0.3, 0.4) is 0 Å². The van der Waals surface area contributed by atoms with Crippen molar-refractivity contribution in [2.24, 2.45) is 0 Å². The predicted molar refractivity (Wildman–Crippen MR) is 91.6 cm³/mol. The largest absolute Gasteiger partial charge is 0.340 e. The fraction of sp³-hybridized carbons (Fsp3) is 0.333. The van der Waals surface area contributed by atoms with Crippen LogP contribution >= 0.6 is 0 Å². The molecule has 0 aliphatic heterocycles. The van der Waals surface area contributed by atoms with Crippen molar-refractivity contribution in [3.63, 3.8) is 0 Å². The van der Waals surface area contributed by atoms with Gasteiger partial charge < -0.3 is 10.6 Å². The minimum Gasteiger partial charge on any atom is -0.340 e. The van der Waals surface area contributed by atoms with Gasteiger partial charge in [0.2, 0.25) is 5.91 Å². The van der Waals surface area contributed by atoms with Gasteiger partial charge in [0.05, 0.1) is 11.9 Å². The van der Waals surface area contributed by atoms with E-state index in [4.69, 9.17) is 0 Å². The molecule has 0 aliphatic carbocycles. The number of pyridine rings is 1. The summed E-state index contributed by atoms with van der Waals surface area (Å²) in [6.45, 7) is 6.21. The van der Waals surface area contributed by atoms with Crippen LogP contribution in [0.1, 0.15) is 37.8 Å². The topological polar surface area (TPSA) is 54.0 Å². The average Bonchev–Trinajstić information content (AvgIpc) is 2.51. The number of hydrogen-bond acceptors (Lipinski definition) is 3. The maximum absolute atomic E-state index is 11.6. The van der Waals surface area contributed by atoms with Gasteiger partial charge in [-0.3, -0.25) is 4.79 Å². The van der Waals surface area contributed by atoms with E-state index in [1.165, 1.54) is 11.1 Å². The molecule has 2 N–H and O–H groups in total. The van der Waals surface area contributed by atoms with Crippen LogP contribution in [-0.4, -0.2) is 10.9 Å². The van der Waals surface area contributed by atoms with Crippen molar-refractivity contribution in [1.82, 2.24) is 4.98 Å². The first-order valence-corrected chi connectivity index (χ1v) is 7.75. The Morgan fingerprint density at radius 1 is 1.18 bits per heavy atom. The van der Waals surface area contributed by atoms with Gasteiger partial charge in [0, 0.05) is 12.1 Å². The maximum atomic E-state index is 11.6. The molecule has 116 valence electrons. The Labute approximate surface area is 132 Å². The summed E-state index contributed by atoms with van der Waals surface area (Å²) in [5.41, 5.74) is 4.30. The fourth-order valence-electron chi connectivity index (χ4n) is 2.32. The van der Waals surface area contributed by atoms with E-state index in [2.05, 4.69) is 47.7 Å². The molecule has 1 aromatic heterocycles. The first kappa shape index (κ1) is 16.0. The molecular formula is C18H23N3O. The fourth-order valence-corrected chi connectivity index (χ4v) is 2.32. The van der Waals surface area contributed by atoms with E-state index in [-0.39, 0.29) is 5.91 Å². The highest BCUT2D eigenvalue weighted by Gasteiger charge is 2.06. The van der Waals surface area contributed by atoms with Crippen LogP contribution < -0.4 is 10.6 Å². The molecule has 22 heavy (non-hydrogen) atoms. The van der Waals surface area contributed by atoms with Crippen molar-refractivity contribution >= 4 is 23.1 Å². The summed E-state index contributed by atoms with van der Waals surface area (Å²) in [6.07, 6.45) is 4.02. The molecule has 0 saturated carbocycles. The first-order valence-electron chi connectivity index (χ1n) is 7.75. The number of carbonyl (C=O) groups is 1. The Balaban J connectivity index is 2.10. The molecular weight excluding hydrogens is 274 g/mol. The number of nitrogens with zero attached hydrogens (tertiary/aromatic N) is 1. The quantitative estimate of drug-likeness (QED) is 0.829. The Bertz CT molecular complexity index is 635. The molecule has 0 spiro atoms. The summed E-state index contributed by atoms with van der Waals surface area (Å²) in [5, 5.41) is 6.21. The number of anilines is 3. The number of hydrogen-bond donors (Lipinski definition) is 2. The van der Waals surface area contributed by atoms with Crippen molar-refractivity contribution in [2.75, 3.05) is 10.6 Å². The molecule has 2 aromatic rings. The molecule has 0 radical (unpaired) electrons. The van der Waals surface area contributed by atoms with Crippen molar-refractivity contribution in [1.29, 1.82) is 0 Å². The second kappa shape index (κ2) is 7.59. The number of amides is 1. The molecule has 1 amide bonds. The summed E-state index contributed by atoms with van der Waals surface area (Å²) in [4.78, 5) is 15.9. The van der Waals surface area contributed by atoms with Crippen LogP contribution in [0, 0.1) is 6.92 Å². The Morgan fingerprint density at radius 2 is 2.00 bits per heavy atom. The van der Waals surface area contributed by atoms with Gasteiger partial charge in [0.15, 0.2) is 0 Å². The van der Waals surface area contributed by atoms with Gasteiger partial charge in [-0.25, -0.2) is 4.98 Å². The molecule has 0 fully saturated rings. The molecule has 0 bridgehead atoms. The van der Waals surface area contributed by atoms with E-state index in [9.17, 15) is 4.79 Å². The Hall–Kier alpha value is -2.36. The third-order valence-electron chi connectivity index (χ3n) is 3.52. The summed E-state index contributed by atoms with van der Waals surface area (Å²) in [5.74, 6) is 0.801. The van der Waals surface area contributed by atoms with Crippen molar-refractivity contribution in [3.8, 4) is 0 Å². The monoisotopic (exact) mass is 297 g/mol. The molecule has 4 heteroatoms. The van der Waals surface area contributed by atoms with E-state index in [0.717, 1.165) is 30.0 Å². The third-order valence-corrected chi connectivity index (χ3v) is 3.52. The van der Waals surface area contributed by atoms with Gasteiger partial charge in [0.1, 0.15) is 5.82 Å². The highest BCUT2D eigenvalue weighted by atomic mass is 16.1.